The molecular formula is C83H162O17P2. The summed E-state index contributed by atoms with van der Waals surface area (Å²) in [7, 11) is -9.92. The molecule has 0 amide bonds. The Hall–Kier alpha value is -1.94. The molecule has 0 spiro atoms. The van der Waals surface area contributed by atoms with Gasteiger partial charge in [0.05, 0.1) is 26.4 Å². The maximum Gasteiger partial charge on any atom is 0.472 e. The molecule has 0 aliphatic carbocycles. The van der Waals surface area contributed by atoms with E-state index in [4.69, 9.17) is 37.0 Å². The molecular weight excluding hydrogens is 1330 g/mol. The zero-order valence-corrected chi connectivity index (χ0v) is 68.9. The normalized spacial score (nSPS) is 14.2. The van der Waals surface area contributed by atoms with Gasteiger partial charge in [0.2, 0.25) is 0 Å². The van der Waals surface area contributed by atoms with E-state index < -0.39 is 97.5 Å². The summed E-state index contributed by atoms with van der Waals surface area (Å²) in [6, 6.07) is 0. The van der Waals surface area contributed by atoms with Crippen LogP contribution >= 0.6 is 15.6 Å². The van der Waals surface area contributed by atoms with Gasteiger partial charge in [-0.15, -0.1) is 0 Å². The summed E-state index contributed by atoms with van der Waals surface area (Å²) in [6.07, 6.45) is 62.5. The Kier molecular flexibility index (Phi) is 71.8. The third kappa shape index (κ3) is 74.9. The lowest BCUT2D eigenvalue weighted by molar-refractivity contribution is -0.161. The van der Waals surface area contributed by atoms with Gasteiger partial charge in [-0.2, -0.15) is 0 Å². The molecule has 0 radical (unpaired) electrons. The molecule has 19 heteroatoms. The van der Waals surface area contributed by atoms with Crippen molar-refractivity contribution in [2.75, 3.05) is 39.6 Å². The van der Waals surface area contributed by atoms with E-state index in [0.29, 0.717) is 31.6 Å². The molecule has 0 fully saturated rings. The summed E-state index contributed by atoms with van der Waals surface area (Å²) >= 11 is 0. The highest BCUT2D eigenvalue weighted by Crippen LogP contribution is 2.45. The third-order valence-corrected chi connectivity index (χ3v) is 21.6. The Morgan fingerprint density at radius 2 is 0.500 bits per heavy atom. The number of aliphatic hydroxyl groups is 1. The SMILES string of the molecule is CCCCCCCCCCCCCCCC(=O)O[C@H](COC(=O)CCCCCCCCCC(C)C)COP(=O)(O)OC[C@H](O)COP(=O)(O)OC[C@@H](COC(=O)CCCCCCCCCCCCCCCCC(C)CC)OC(=O)CCCCCCCCCCCCCCCCCCCCC(C)C. The second-order valence-corrected chi connectivity index (χ2v) is 34.0. The van der Waals surface area contributed by atoms with Gasteiger partial charge in [0.15, 0.2) is 12.2 Å². The minimum atomic E-state index is -4.96. The molecule has 0 saturated carbocycles. The maximum absolute atomic E-state index is 13.1. The molecule has 0 saturated heterocycles. The van der Waals surface area contributed by atoms with Crippen LogP contribution in [0.15, 0.2) is 0 Å². The highest BCUT2D eigenvalue weighted by molar-refractivity contribution is 7.47. The molecule has 0 aliphatic rings. The number of rotatable bonds is 81. The number of hydrogen-bond donors (Lipinski definition) is 3. The van der Waals surface area contributed by atoms with Crippen LogP contribution in [0.25, 0.3) is 0 Å². The summed E-state index contributed by atoms with van der Waals surface area (Å²) in [5.74, 6) is 0.267. The third-order valence-electron chi connectivity index (χ3n) is 19.7. The number of phosphoric ester groups is 2. The van der Waals surface area contributed by atoms with Crippen LogP contribution in [0.1, 0.15) is 434 Å². The smallest absolute Gasteiger partial charge is 0.462 e. The second-order valence-electron chi connectivity index (χ2n) is 31.1. The Morgan fingerprint density at radius 3 is 0.745 bits per heavy atom. The predicted octanol–water partition coefficient (Wildman–Crippen LogP) is 24.9. The summed E-state index contributed by atoms with van der Waals surface area (Å²) in [6.45, 7) is 12.0. The first kappa shape index (κ1) is 100. The first-order chi connectivity index (χ1) is 49.3. The maximum atomic E-state index is 13.1. The minimum Gasteiger partial charge on any atom is -0.462 e. The van der Waals surface area contributed by atoms with E-state index in [1.54, 1.807) is 0 Å². The van der Waals surface area contributed by atoms with Gasteiger partial charge in [-0.25, -0.2) is 9.13 Å². The molecule has 17 nitrogen and oxygen atoms in total. The summed E-state index contributed by atoms with van der Waals surface area (Å²) in [5, 5.41) is 10.6. The van der Waals surface area contributed by atoms with Crippen LogP contribution < -0.4 is 0 Å². The average Bonchev–Trinajstić information content (AvgIpc) is 0.910. The highest BCUT2D eigenvalue weighted by atomic mass is 31.2. The fraction of sp³-hybridized carbons (Fsp3) is 0.952. The molecule has 0 aromatic heterocycles. The molecule has 3 N–H and O–H groups in total. The van der Waals surface area contributed by atoms with E-state index >= 15 is 0 Å². The van der Waals surface area contributed by atoms with Gasteiger partial charge < -0.3 is 33.8 Å². The first-order valence-electron chi connectivity index (χ1n) is 42.9. The standard InChI is InChI=1S/C83H162O17P2/c1-8-10-11-12-13-14-15-24-32-37-44-52-59-66-82(87)100-79(71-94-81(86)65-58-51-46-39-41-48-55-62-75(5)6)73-98-102(91,92)96-69-77(84)68-95-101(89,90)97-72-78(70-93-80(85)64-57-50-43-36-31-27-23-22-26-30-35-42-49-56-63-76(7)9-2)99-83(88)67-60-53-45-38-33-28-21-19-17-16-18-20-25-29-34-40-47-54-61-74(3)4/h74-79,84H,8-73H2,1-7H3,(H,89,90)(H,91,92)/t76?,77-,78-,79-/m1/s1. The Balaban J connectivity index is 5.22. The van der Waals surface area contributed by atoms with Crippen molar-refractivity contribution in [3.8, 4) is 0 Å². The van der Waals surface area contributed by atoms with Gasteiger partial charge in [-0.1, -0.05) is 382 Å². The molecule has 0 bridgehead atoms. The van der Waals surface area contributed by atoms with Gasteiger partial charge in [0.1, 0.15) is 19.3 Å². The minimum absolute atomic E-state index is 0.107. The van der Waals surface area contributed by atoms with Gasteiger partial charge in [-0.3, -0.25) is 37.3 Å². The predicted molar refractivity (Wildman–Crippen MR) is 418 cm³/mol. The number of carbonyl (C=O) groups is 4. The number of aliphatic hydroxyl groups excluding tert-OH is 1. The van der Waals surface area contributed by atoms with E-state index in [9.17, 15) is 43.2 Å². The van der Waals surface area contributed by atoms with Crippen molar-refractivity contribution in [2.24, 2.45) is 17.8 Å². The average molecular weight is 1490 g/mol. The van der Waals surface area contributed by atoms with Gasteiger partial charge in [0.25, 0.3) is 0 Å². The summed E-state index contributed by atoms with van der Waals surface area (Å²) < 4.78 is 68.8. The Labute approximate surface area is 626 Å². The molecule has 606 valence electrons. The fourth-order valence-corrected chi connectivity index (χ4v) is 14.4. The van der Waals surface area contributed by atoms with Crippen molar-refractivity contribution in [3.63, 3.8) is 0 Å². The number of hydrogen-bond acceptors (Lipinski definition) is 15. The first-order valence-corrected chi connectivity index (χ1v) is 45.9. The largest absolute Gasteiger partial charge is 0.472 e. The van der Waals surface area contributed by atoms with E-state index in [0.717, 1.165) is 108 Å². The van der Waals surface area contributed by atoms with Gasteiger partial charge >= 0.3 is 39.5 Å². The molecule has 0 heterocycles. The topological polar surface area (TPSA) is 237 Å². The van der Waals surface area contributed by atoms with E-state index in [1.165, 1.54) is 238 Å². The van der Waals surface area contributed by atoms with Crippen molar-refractivity contribution in [3.05, 3.63) is 0 Å². The molecule has 0 rings (SSSR count). The van der Waals surface area contributed by atoms with Crippen molar-refractivity contribution in [1.82, 2.24) is 0 Å². The number of phosphoric acid groups is 2. The molecule has 6 atom stereocenters. The zero-order chi connectivity index (χ0) is 75.1. The molecule has 0 aromatic rings. The van der Waals surface area contributed by atoms with Gasteiger partial charge in [-0.05, 0) is 43.4 Å². The van der Waals surface area contributed by atoms with Crippen molar-refractivity contribution in [1.29, 1.82) is 0 Å². The van der Waals surface area contributed by atoms with E-state index in [2.05, 4.69) is 48.5 Å². The molecule has 102 heavy (non-hydrogen) atoms. The number of unbranched alkanes of at least 4 members (excludes halogenated alkanes) is 48. The van der Waals surface area contributed by atoms with Crippen LogP contribution in [0.3, 0.4) is 0 Å². The number of ether oxygens (including phenoxy) is 4. The van der Waals surface area contributed by atoms with E-state index in [-0.39, 0.29) is 25.7 Å². The Morgan fingerprint density at radius 1 is 0.284 bits per heavy atom. The van der Waals surface area contributed by atoms with Crippen molar-refractivity contribution < 1.29 is 80.2 Å². The quantitative estimate of drug-likeness (QED) is 0.0222. The lowest BCUT2D eigenvalue weighted by atomic mass is 9.99. The van der Waals surface area contributed by atoms with Crippen LogP contribution in [0.5, 0.6) is 0 Å². The summed E-state index contributed by atoms with van der Waals surface area (Å²) in [4.78, 5) is 73.1. The number of carbonyl (C=O) groups excluding carboxylic acids is 4. The number of esters is 4. The van der Waals surface area contributed by atoms with Crippen molar-refractivity contribution in [2.45, 2.75) is 452 Å². The zero-order valence-electron chi connectivity index (χ0n) is 67.1. The van der Waals surface area contributed by atoms with Crippen LogP contribution in [0.2, 0.25) is 0 Å². The molecule has 3 unspecified atom stereocenters. The molecule has 0 aromatic carbocycles. The fourth-order valence-electron chi connectivity index (χ4n) is 12.8. The highest BCUT2D eigenvalue weighted by Gasteiger charge is 2.30. The molecule has 0 aliphatic heterocycles. The van der Waals surface area contributed by atoms with Crippen LogP contribution in [-0.4, -0.2) is 96.7 Å². The lowest BCUT2D eigenvalue weighted by Crippen LogP contribution is -2.30. The second kappa shape index (κ2) is 73.2. The van der Waals surface area contributed by atoms with Crippen molar-refractivity contribution >= 4 is 39.5 Å². The Bertz CT molecular complexity index is 1980. The summed E-state index contributed by atoms with van der Waals surface area (Å²) in [5.41, 5.74) is 0. The lowest BCUT2D eigenvalue weighted by Gasteiger charge is -2.21. The van der Waals surface area contributed by atoms with E-state index in [1.807, 2.05) is 0 Å². The van der Waals surface area contributed by atoms with Gasteiger partial charge in [0, 0.05) is 25.7 Å². The van der Waals surface area contributed by atoms with Crippen LogP contribution in [-0.2, 0) is 65.4 Å². The van der Waals surface area contributed by atoms with Crippen LogP contribution in [0.4, 0.5) is 0 Å². The van der Waals surface area contributed by atoms with Crippen LogP contribution in [0, 0.1) is 17.8 Å². The monoisotopic (exact) mass is 1490 g/mol.